The highest BCUT2D eigenvalue weighted by Crippen LogP contribution is 2.31. The van der Waals surface area contributed by atoms with E-state index >= 15 is 0 Å². The fourth-order valence-electron chi connectivity index (χ4n) is 6.21. The highest BCUT2D eigenvalue weighted by molar-refractivity contribution is 7.89. The van der Waals surface area contributed by atoms with Gasteiger partial charge in [-0.2, -0.15) is 4.31 Å². The van der Waals surface area contributed by atoms with Gasteiger partial charge in [-0.3, -0.25) is 14.6 Å². The summed E-state index contributed by atoms with van der Waals surface area (Å²) in [4.78, 5) is 20.3. The van der Waals surface area contributed by atoms with E-state index in [2.05, 4.69) is 9.80 Å². The molecule has 1 aromatic carbocycles. The summed E-state index contributed by atoms with van der Waals surface area (Å²) >= 11 is 0. The van der Waals surface area contributed by atoms with Gasteiger partial charge in [-0.05, 0) is 69.2 Å². The van der Waals surface area contributed by atoms with Crippen LogP contribution in [0, 0.1) is 13.8 Å². The van der Waals surface area contributed by atoms with Crippen molar-refractivity contribution in [3.63, 3.8) is 0 Å². The highest BCUT2D eigenvalue weighted by atomic mass is 32.2. The van der Waals surface area contributed by atoms with Crippen molar-refractivity contribution < 1.29 is 22.7 Å². The summed E-state index contributed by atoms with van der Waals surface area (Å²) in [6.45, 7) is 8.46. The van der Waals surface area contributed by atoms with Crippen LogP contribution in [0.2, 0.25) is 0 Å². The molecule has 0 spiro atoms. The van der Waals surface area contributed by atoms with Crippen LogP contribution in [0.4, 0.5) is 0 Å². The summed E-state index contributed by atoms with van der Waals surface area (Å²) in [6, 6.07) is 5.07. The van der Waals surface area contributed by atoms with Crippen LogP contribution in [0.25, 0.3) is 0 Å². The number of carbonyl (C=O) groups is 1. The topological polar surface area (TPSA) is 82.6 Å². The number of amides is 1. The fraction of sp³-hybridized carbons (Fsp3) is 0.750. The first kappa shape index (κ1) is 29.3. The van der Waals surface area contributed by atoms with Crippen molar-refractivity contribution >= 4 is 15.9 Å². The second-order valence-electron chi connectivity index (χ2n) is 11.3. The minimum absolute atomic E-state index is 0.0355. The molecule has 2 aliphatic carbocycles. The van der Waals surface area contributed by atoms with Gasteiger partial charge in [0.2, 0.25) is 15.9 Å². The van der Waals surface area contributed by atoms with E-state index in [-0.39, 0.29) is 36.6 Å². The molecule has 3 aliphatic rings. The van der Waals surface area contributed by atoms with E-state index in [0.29, 0.717) is 22.9 Å². The lowest BCUT2D eigenvalue weighted by molar-refractivity contribution is -0.136. The van der Waals surface area contributed by atoms with Crippen LogP contribution in [0.5, 0.6) is 5.75 Å². The Labute approximate surface area is 229 Å². The number of ether oxygens (including phenoxy) is 2. The number of carbonyl (C=O) groups excluding carboxylic acids is 1. The van der Waals surface area contributed by atoms with Crippen molar-refractivity contribution in [3.8, 4) is 5.75 Å². The maximum Gasteiger partial charge on any atom is 0.248 e. The molecule has 1 aromatic rings. The normalized spacial score (nSPS) is 23.5. The summed E-state index contributed by atoms with van der Waals surface area (Å²) in [6.07, 6.45) is 7.31. The smallest absolute Gasteiger partial charge is 0.248 e. The van der Waals surface area contributed by atoms with Gasteiger partial charge in [0, 0.05) is 64.9 Å². The third-order valence-electron chi connectivity index (χ3n) is 8.89. The minimum atomic E-state index is -3.68. The van der Waals surface area contributed by atoms with E-state index in [1.165, 1.54) is 36.7 Å². The molecular formula is C28H46N4O5S. The predicted molar refractivity (Wildman–Crippen MR) is 148 cm³/mol. The highest BCUT2D eigenvalue weighted by Gasteiger charge is 2.36. The maximum absolute atomic E-state index is 13.2. The molecule has 2 atom stereocenters. The number of sulfonamides is 1. The molecule has 0 bridgehead atoms. The lowest BCUT2D eigenvalue weighted by atomic mass is 9.91. The van der Waals surface area contributed by atoms with Crippen molar-refractivity contribution in [2.24, 2.45) is 0 Å². The molecule has 1 aliphatic heterocycles. The molecular weight excluding hydrogens is 504 g/mol. The van der Waals surface area contributed by atoms with Gasteiger partial charge in [-0.1, -0.05) is 6.42 Å². The first-order valence-electron chi connectivity index (χ1n) is 14.0. The molecule has 1 heterocycles. The summed E-state index contributed by atoms with van der Waals surface area (Å²) in [7, 11) is 1.29. The van der Waals surface area contributed by atoms with Crippen LogP contribution < -0.4 is 4.74 Å². The maximum atomic E-state index is 13.2. The van der Waals surface area contributed by atoms with Gasteiger partial charge in [-0.25, -0.2) is 8.42 Å². The predicted octanol–water partition coefficient (Wildman–Crippen LogP) is 2.50. The van der Waals surface area contributed by atoms with Crippen molar-refractivity contribution in [2.45, 2.75) is 75.4 Å². The molecule has 0 radical (unpaired) electrons. The second kappa shape index (κ2) is 12.6. The molecule has 1 amide bonds. The summed E-state index contributed by atoms with van der Waals surface area (Å²) in [5.41, 5.74) is 1.28. The van der Waals surface area contributed by atoms with E-state index in [1.807, 2.05) is 11.9 Å². The molecule has 0 aromatic heterocycles. The Bertz CT molecular complexity index is 1050. The molecule has 38 heavy (non-hydrogen) atoms. The Kier molecular flexibility index (Phi) is 9.73. The molecule has 0 N–H and O–H groups in total. The van der Waals surface area contributed by atoms with Gasteiger partial charge in [0.15, 0.2) is 0 Å². The standard InChI is InChI=1S/C28H46N4O5S/c1-21-17-26(36-5)18-22(2)28(21)38(34,35)29(3)15-16-37-20-27(33)30(4)24-9-10-25(19-24)32-13-11-31(12-14-32)23-7-6-8-23/h17-18,23-25H,6-16,19-20H2,1-5H3. The third kappa shape index (κ3) is 6.53. The van der Waals surface area contributed by atoms with Crippen LogP contribution in [0.3, 0.4) is 0 Å². The zero-order valence-corrected chi connectivity index (χ0v) is 24.6. The zero-order valence-electron chi connectivity index (χ0n) is 23.8. The number of hydrogen-bond acceptors (Lipinski definition) is 7. The van der Waals surface area contributed by atoms with E-state index in [1.54, 1.807) is 40.1 Å². The Balaban J connectivity index is 1.18. The van der Waals surface area contributed by atoms with Crippen LogP contribution >= 0.6 is 0 Å². The molecule has 2 saturated carbocycles. The zero-order chi connectivity index (χ0) is 27.4. The molecule has 2 unspecified atom stereocenters. The van der Waals surface area contributed by atoms with E-state index in [4.69, 9.17) is 9.47 Å². The number of nitrogens with zero attached hydrogens (tertiary/aromatic N) is 4. The number of hydrogen-bond donors (Lipinski definition) is 0. The van der Waals surface area contributed by atoms with Crippen molar-refractivity contribution in [1.82, 2.24) is 19.0 Å². The minimum Gasteiger partial charge on any atom is -0.497 e. The number of aryl methyl sites for hydroxylation is 2. The summed E-state index contributed by atoms with van der Waals surface area (Å²) < 4.78 is 38.5. The average Bonchev–Trinajstić information content (AvgIpc) is 3.35. The molecule has 9 nitrogen and oxygen atoms in total. The number of likely N-dealkylation sites (N-methyl/N-ethyl adjacent to an activating group) is 2. The number of methoxy groups -OCH3 is 1. The Hall–Kier alpha value is -1.72. The van der Waals surface area contributed by atoms with E-state index < -0.39 is 10.0 Å². The van der Waals surface area contributed by atoms with Gasteiger partial charge in [0.1, 0.15) is 12.4 Å². The van der Waals surface area contributed by atoms with Crippen molar-refractivity contribution in [3.05, 3.63) is 23.3 Å². The van der Waals surface area contributed by atoms with E-state index in [9.17, 15) is 13.2 Å². The van der Waals surface area contributed by atoms with Gasteiger partial charge >= 0.3 is 0 Å². The van der Waals surface area contributed by atoms with Crippen LogP contribution in [0.15, 0.2) is 17.0 Å². The lowest BCUT2D eigenvalue weighted by Crippen LogP contribution is -2.54. The second-order valence-corrected chi connectivity index (χ2v) is 13.2. The first-order valence-corrected chi connectivity index (χ1v) is 15.5. The largest absolute Gasteiger partial charge is 0.497 e. The quantitative estimate of drug-likeness (QED) is 0.392. The summed E-state index contributed by atoms with van der Waals surface area (Å²) in [5, 5.41) is 0. The molecule has 214 valence electrons. The Morgan fingerprint density at radius 2 is 1.58 bits per heavy atom. The first-order chi connectivity index (χ1) is 18.1. The number of piperazine rings is 1. The van der Waals surface area contributed by atoms with Crippen LogP contribution in [0.1, 0.15) is 49.7 Å². The van der Waals surface area contributed by atoms with Crippen LogP contribution in [-0.2, 0) is 19.6 Å². The summed E-state index contributed by atoms with van der Waals surface area (Å²) in [5.74, 6) is 0.588. The van der Waals surface area contributed by atoms with Gasteiger partial charge in [-0.15, -0.1) is 0 Å². The molecule has 10 heteroatoms. The Morgan fingerprint density at radius 3 is 2.13 bits per heavy atom. The Morgan fingerprint density at radius 1 is 0.974 bits per heavy atom. The van der Waals surface area contributed by atoms with Crippen molar-refractivity contribution in [1.29, 1.82) is 0 Å². The van der Waals surface area contributed by atoms with Crippen molar-refractivity contribution in [2.75, 3.05) is 67.1 Å². The van der Waals surface area contributed by atoms with Gasteiger partial charge < -0.3 is 14.4 Å². The van der Waals surface area contributed by atoms with Crippen LogP contribution in [-0.4, -0.2) is 119 Å². The van der Waals surface area contributed by atoms with Gasteiger partial charge in [0.25, 0.3) is 0 Å². The van der Waals surface area contributed by atoms with E-state index in [0.717, 1.165) is 38.4 Å². The number of rotatable bonds is 11. The SMILES string of the molecule is COc1cc(C)c(S(=O)(=O)N(C)CCOCC(=O)N(C)C2CCC(N3CCN(C4CCC4)CC3)C2)c(C)c1. The van der Waals surface area contributed by atoms with Gasteiger partial charge in [0.05, 0.1) is 18.6 Å². The molecule has 3 fully saturated rings. The monoisotopic (exact) mass is 550 g/mol. The molecule has 4 rings (SSSR count). The lowest BCUT2D eigenvalue weighted by Gasteiger charge is -2.44. The average molecular weight is 551 g/mol. The number of benzene rings is 1. The third-order valence-corrected chi connectivity index (χ3v) is 11.1. The fourth-order valence-corrected chi connectivity index (χ4v) is 7.76. The molecule has 1 saturated heterocycles.